The number of piperidine rings is 2. The van der Waals surface area contributed by atoms with E-state index in [1.807, 2.05) is 12.1 Å². The SMILES string of the molecule is CN=C(NCCN1CCCCC1)NCc1ccc(S(=O)(=O)N2CCCCC2)cc1. The zero-order chi connectivity index (χ0) is 20.5. The number of nitrogens with zero attached hydrogens (tertiary/aromatic N) is 3. The minimum Gasteiger partial charge on any atom is -0.355 e. The van der Waals surface area contributed by atoms with Gasteiger partial charge in [0.15, 0.2) is 5.96 Å². The van der Waals surface area contributed by atoms with Gasteiger partial charge in [-0.05, 0) is 56.5 Å². The van der Waals surface area contributed by atoms with Gasteiger partial charge in [-0.3, -0.25) is 4.99 Å². The molecule has 2 heterocycles. The van der Waals surface area contributed by atoms with Crippen LogP contribution in [-0.4, -0.2) is 69.9 Å². The first-order valence-corrected chi connectivity index (χ1v) is 12.3. The molecule has 2 N–H and O–H groups in total. The standard InChI is InChI=1S/C21H35N5O2S/c1-22-21(23-12-17-25-13-4-2-5-14-25)24-18-19-8-10-20(11-9-19)29(27,28)26-15-6-3-7-16-26/h8-11H,2-7,12-18H2,1H3,(H2,22,23,24). The van der Waals surface area contributed by atoms with Crippen molar-refractivity contribution < 1.29 is 8.42 Å². The Kier molecular flexibility index (Phi) is 8.32. The number of hydrogen-bond acceptors (Lipinski definition) is 4. The predicted molar refractivity (Wildman–Crippen MR) is 118 cm³/mol. The highest BCUT2D eigenvalue weighted by atomic mass is 32.2. The van der Waals surface area contributed by atoms with Crippen LogP contribution in [0.4, 0.5) is 0 Å². The number of sulfonamides is 1. The molecule has 0 aliphatic carbocycles. The van der Waals surface area contributed by atoms with Gasteiger partial charge in [0.25, 0.3) is 0 Å². The van der Waals surface area contributed by atoms with Gasteiger partial charge >= 0.3 is 0 Å². The number of guanidine groups is 1. The van der Waals surface area contributed by atoms with Crippen molar-refractivity contribution in [3.8, 4) is 0 Å². The first-order chi connectivity index (χ1) is 14.1. The van der Waals surface area contributed by atoms with E-state index in [-0.39, 0.29) is 0 Å². The van der Waals surface area contributed by atoms with Crippen LogP contribution in [0.1, 0.15) is 44.1 Å². The van der Waals surface area contributed by atoms with Gasteiger partial charge < -0.3 is 15.5 Å². The van der Waals surface area contributed by atoms with E-state index in [1.54, 1.807) is 23.5 Å². The van der Waals surface area contributed by atoms with Gasteiger partial charge in [-0.2, -0.15) is 4.31 Å². The molecule has 29 heavy (non-hydrogen) atoms. The van der Waals surface area contributed by atoms with Gasteiger partial charge in [0.1, 0.15) is 0 Å². The molecule has 0 aromatic heterocycles. The third-order valence-electron chi connectivity index (χ3n) is 5.73. The average Bonchev–Trinajstić information content (AvgIpc) is 2.77. The van der Waals surface area contributed by atoms with Gasteiger partial charge in [0.2, 0.25) is 10.0 Å². The second kappa shape index (κ2) is 10.9. The van der Waals surface area contributed by atoms with E-state index in [1.165, 1.54) is 32.4 Å². The second-order valence-electron chi connectivity index (χ2n) is 7.86. The summed E-state index contributed by atoms with van der Waals surface area (Å²) in [4.78, 5) is 7.15. The van der Waals surface area contributed by atoms with Crippen molar-refractivity contribution in [1.82, 2.24) is 19.8 Å². The summed E-state index contributed by atoms with van der Waals surface area (Å²) in [5, 5.41) is 6.67. The number of aliphatic imine (C=N–C) groups is 1. The molecular weight excluding hydrogens is 386 g/mol. The summed E-state index contributed by atoms with van der Waals surface area (Å²) >= 11 is 0. The van der Waals surface area contributed by atoms with Gasteiger partial charge in [-0.15, -0.1) is 0 Å². The van der Waals surface area contributed by atoms with E-state index in [2.05, 4.69) is 20.5 Å². The van der Waals surface area contributed by atoms with Crippen molar-refractivity contribution in [2.75, 3.05) is 46.3 Å². The summed E-state index contributed by atoms with van der Waals surface area (Å²) in [5.41, 5.74) is 1.03. The van der Waals surface area contributed by atoms with E-state index < -0.39 is 10.0 Å². The number of benzene rings is 1. The van der Waals surface area contributed by atoms with Crippen LogP contribution in [-0.2, 0) is 16.6 Å². The quantitative estimate of drug-likeness (QED) is 0.520. The third kappa shape index (κ3) is 6.42. The van der Waals surface area contributed by atoms with E-state index >= 15 is 0 Å². The molecule has 7 nitrogen and oxygen atoms in total. The Morgan fingerprint density at radius 3 is 2.17 bits per heavy atom. The first kappa shape index (κ1) is 22.1. The lowest BCUT2D eigenvalue weighted by atomic mass is 10.1. The molecule has 0 radical (unpaired) electrons. The van der Waals surface area contributed by atoms with Crippen LogP contribution in [0.2, 0.25) is 0 Å². The molecule has 2 aliphatic heterocycles. The zero-order valence-electron chi connectivity index (χ0n) is 17.6. The highest BCUT2D eigenvalue weighted by molar-refractivity contribution is 7.89. The van der Waals surface area contributed by atoms with Crippen molar-refractivity contribution in [3.63, 3.8) is 0 Å². The zero-order valence-corrected chi connectivity index (χ0v) is 18.4. The average molecular weight is 422 g/mol. The van der Waals surface area contributed by atoms with Crippen LogP contribution < -0.4 is 10.6 Å². The molecule has 8 heteroatoms. The summed E-state index contributed by atoms with van der Waals surface area (Å²) in [6.07, 6.45) is 6.97. The molecule has 0 amide bonds. The molecule has 0 unspecified atom stereocenters. The normalized spacial score (nSPS) is 19.8. The molecule has 162 valence electrons. The molecule has 0 spiro atoms. The van der Waals surface area contributed by atoms with Gasteiger partial charge in [-0.1, -0.05) is 25.0 Å². The molecule has 0 saturated carbocycles. The molecule has 2 aliphatic rings. The molecule has 1 aromatic carbocycles. The Morgan fingerprint density at radius 2 is 1.55 bits per heavy atom. The van der Waals surface area contributed by atoms with Crippen LogP contribution in [0.5, 0.6) is 0 Å². The molecular formula is C21H35N5O2S. The maximum Gasteiger partial charge on any atom is 0.243 e. The third-order valence-corrected chi connectivity index (χ3v) is 7.64. The smallest absolute Gasteiger partial charge is 0.243 e. The van der Waals surface area contributed by atoms with Crippen molar-refractivity contribution >= 4 is 16.0 Å². The summed E-state index contributed by atoms with van der Waals surface area (Å²) in [7, 11) is -1.60. The Bertz CT molecular complexity index is 752. The Labute approximate surface area is 175 Å². The molecule has 2 saturated heterocycles. The summed E-state index contributed by atoms with van der Waals surface area (Å²) in [6, 6.07) is 7.19. The Hall–Kier alpha value is -1.64. The lowest BCUT2D eigenvalue weighted by Gasteiger charge is -2.26. The number of nitrogens with one attached hydrogen (secondary N) is 2. The Morgan fingerprint density at radius 1 is 0.931 bits per heavy atom. The maximum absolute atomic E-state index is 12.7. The van der Waals surface area contributed by atoms with Crippen molar-refractivity contribution in [2.45, 2.75) is 50.0 Å². The monoisotopic (exact) mass is 421 g/mol. The number of hydrogen-bond donors (Lipinski definition) is 2. The fourth-order valence-corrected chi connectivity index (χ4v) is 5.47. The molecule has 1 aromatic rings. The van der Waals surface area contributed by atoms with Gasteiger partial charge in [0.05, 0.1) is 4.90 Å². The van der Waals surface area contributed by atoms with Crippen LogP contribution in [0.15, 0.2) is 34.2 Å². The minimum atomic E-state index is -3.37. The molecule has 3 rings (SSSR count). The number of rotatable bonds is 7. The van der Waals surface area contributed by atoms with Crippen LogP contribution in [0, 0.1) is 0 Å². The molecule has 0 atom stereocenters. The summed E-state index contributed by atoms with van der Waals surface area (Å²) < 4.78 is 27.1. The van der Waals surface area contributed by atoms with Crippen molar-refractivity contribution in [3.05, 3.63) is 29.8 Å². The van der Waals surface area contributed by atoms with Crippen molar-refractivity contribution in [1.29, 1.82) is 0 Å². The first-order valence-electron chi connectivity index (χ1n) is 10.9. The Balaban J connectivity index is 1.46. The number of likely N-dealkylation sites (tertiary alicyclic amines) is 1. The highest BCUT2D eigenvalue weighted by Crippen LogP contribution is 2.20. The predicted octanol–water partition coefficient (Wildman–Crippen LogP) is 2.01. The fraction of sp³-hybridized carbons (Fsp3) is 0.667. The fourth-order valence-electron chi connectivity index (χ4n) is 3.96. The largest absolute Gasteiger partial charge is 0.355 e. The van der Waals surface area contributed by atoms with E-state index in [4.69, 9.17) is 0 Å². The lowest BCUT2D eigenvalue weighted by Crippen LogP contribution is -2.42. The van der Waals surface area contributed by atoms with Crippen LogP contribution in [0.25, 0.3) is 0 Å². The topological polar surface area (TPSA) is 77.0 Å². The lowest BCUT2D eigenvalue weighted by molar-refractivity contribution is 0.232. The minimum absolute atomic E-state index is 0.382. The maximum atomic E-state index is 12.7. The van der Waals surface area contributed by atoms with Crippen molar-refractivity contribution in [2.24, 2.45) is 4.99 Å². The van der Waals surface area contributed by atoms with E-state index in [0.717, 1.165) is 43.9 Å². The van der Waals surface area contributed by atoms with E-state index in [0.29, 0.717) is 24.5 Å². The molecule has 0 bridgehead atoms. The second-order valence-corrected chi connectivity index (χ2v) is 9.80. The van der Waals surface area contributed by atoms with E-state index in [9.17, 15) is 8.42 Å². The summed E-state index contributed by atoms with van der Waals surface area (Å²) in [6.45, 7) is 6.15. The van der Waals surface area contributed by atoms with Gasteiger partial charge in [-0.25, -0.2) is 8.42 Å². The highest BCUT2D eigenvalue weighted by Gasteiger charge is 2.25. The van der Waals surface area contributed by atoms with Gasteiger partial charge in [0, 0.05) is 39.8 Å². The molecule has 2 fully saturated rings. The van der Waals surface area contributed by atoms with Crippen LogP contribution >= 0.6 is 0 Å². The van der Waals surface area contributed by atoms with Crippen LogP contribution in [0.3, 0.4) is 0 Å². The summed E-state index contributed by atoms with van der Waals surface area (Å²) in [5.74, 6) is 0.770.